The Labute approximate surface area is 361 Å². The smallest absolute Gasteiger partial charge is 0.277 e. The molecule has 9 heteroatoms. The van der Waals surface area contributed by atoms with Crippen LogP contribution < -0.4 is 43.8 Å². The summed E-state index contributed by atoms with van der Waals surface area (Å²) in [5, 5.41) is 2.59. The molecule has 0 saturated heterocycles. The number of benzene rings is 5. The van der Waals surface area contributed by atoms with Gasteiger partial charge in [0.15, 0.2) is 23.0 Å². The van der Waals surface area contributed by atoms with Crippen LogP contribution in [0.2, 0.25) is 0 Å². The van der Waals surface area contributed by atoms with Crippen molar-refractivity contribution >= 4 is 98.7 Å². The van der Waals surface area contributed by atoms with Crippen molar-refractivity contribution in [2.75, 3.05) is 23.4 Å². The van der Waals surface area contributed by atoms with Gasteiger partial charge in [-0.2, -0.15) is 0 Å². The first kappa shape index (κ1) is 37.9. The molecule has 0 atom stereocenters. The second kappa shape index (κ2) is 12.7. The Kier molecular flexibility index (Phi) is 8.02. The third-order valence-electron chi connectivity index (χ3n) is 13.2. The summed E-state index contributed by atoms with van der Waals surface area (Å²) in [5.41, 5.74) is 17.1. The van der Waals surface area contributed by atoms with Crippen LogP contribution in [-0.4, -0.2) is 20.3 Å². The van der Waals surface area contributed by atoms with Crippen LogP contribution in [0, 0.1) is 27.7 Å². The number of hydrogen-bond acceptors (Lipinski definition) is 8. The Morgan fingerprint density at radius 1 is 0.567 bits per heavy atom. The molecule has 0 unspecified atom stereocenters. The SMILES string of the molecule is Cc1cc2c(c(C)c1N1c3cc(C(C)C)cc4c3B(c3sc5ccc(C(C)(C)C)cc5c31)c1sc3ccc(C(C)(C)C)cc3c1N4c1c(C)cc3c(c1C)OCO3)OCO2. The Balaban J connectivity index is 1.32. The van der Waals surface area contributed by atoms with Gasteiger partial charge in [0.05, 0.1) is 22.7 Å². The lowest BCUT2D eigenvalue weighted by Gasteiger charge is -2.44. The lowest BCUT2D eigenvalue weighted by Crippen LogP contribution is -2.59. The highest BCUT2D eigenvalue weighted by molar-refractivity contribution is 7.40. The van der Waals surface area contributed by atoms with Gasteiger partial charge in [0.1, 0.15) is 0 Å². The predicted molar refractivity (Wildman–Crippen MR) is 254 cm³/mol. The number of aryl methyl sites for hydroxylation is 2. The number of hydrogen-bond donors (Lipinski definition) is 0. The first-order valence-electron chi connectivity index (χ1n) is 21.2. The molecule has 5 aromatic carbocycles. The van der Waals surface area contributed by atoms with E-state index in [4.69, 9.17) is 18.9 Å². The normalized spacial score (nSPS) is 15.1. The minimum atomic E-state index is -0.0158. The van der Waals surface area contributed by atoms with Gasteiger partial charge in [-0.3, -0.25) is 0 Å². The summed E-state index contributed by atoms with van der Waals surface area (Å²) in [5.74, 6) is 3.57. The molecular weight excluding hydrogens is 780 g/mol. The van der Waals surface area contributed by atoms with E-state index in [1.807, 2.05) is 22.7 Å². The second-order valence-corrected chi connectivity index (χ2v) is 21.8. The van der Waals surface area contributed by atoms with Crippen LogP contribution in [0.25, 0.3) is 20.2 Å². The van der Waals surface area contributed by atoms with Crippen molar-refractivity contribution in [1.82, 2.24) is 0 Å². The number of anilines is 6. The fourth-order valence-electron chi connectivity index (χ4n) is 10.1. The van der Waals surface area contributed by atoms with Crippen molar-refractivity contribution in [2.45, 2.75) is 99.8 Å². The number of ether oxygens (including phenoxy) is 4. The fourth-order valence-corrected chi connectivity index (χ4v) is 12.8. The number of fused-ring (bicyclic) bond motifs is 10. The van der Waals surface area contributed by atoms with E-state index in [-0.39, 0.29) is 37.0 Å². The van der Waals surface area contributed by atoms with Crippen molar-refractivity contribution in [3.63, 3.8) is 0 Å². The van der Waals surface area contributed by atoms with Gasteiger partial charge in [0.2, 0.25) is 13.6 Å². The van der Waals surface area contributed by atoms with E-state index in [0.717, 1.165) is 56.6 Å². The molecule has 0 bridgehead atoms. The molecule has 0 spiro atoms. The average Bonchev–Trinajstić information content (AvgIpc) is 4.00. The second-order valence-electron chi connectivity index (χ2n) is 19.6. The molecule has 7 aromatic rings. The first-order valence-corrected chi connectivity index (χ1v) is 22.9. The molecule has 4 aliphatic rings. The lowest BCUT2D eigenvalue weighted by molar-refractivity contribution is 0.173. The van der Waals surface area contributed by atoms with E-state index >= 15 is 0 Å². The third-order valence-corrected chi connectivity index (χ3v) is 15.7. The summed E-state index contributed by atoms with van der Waals surface area (Å²) in [6, 6.07) is 23.7. The van der Waals surface area contributed by atoms with Crippen LogP contribution in [0.4, 0.5) is 34.1 Å². The minimum Gasteiger partial charge on any atom is -0.454 e. The van der Waals surface area contributed by atoms with Gasteiger partial charge in [-0.15, -0.1) is 22.7 Å². The van der Waals surface area contributed by atoms with Gasteiger partial charge < -0.3 is 28.7 Å². The van der Waals surface area contributed by atoms with Crippen LogP contribution in [0.5, 0.6) is 23.0 Å². The molecule has 0 radical (unpaired) electrons. The fraction of sp³-hybridized carbons (Fsp3) is 0.333. The molecule has 2 aromatic heterocycles. The summed E-state index contributed by atoms with van der Waals surface area (Å²) >= 11 is 3.92. The van der Waals surface area contributed by atoms with E-state index in [9.17, 15) is 0 Å². The quantitative estimate of drug-likeness (QED) is 0.165. The number of nitrogens with zero attached hydrogens (tertiary/aromatic N) is 2. The van der Waals surface area contributed by atoms with Gasteiger partial charge in [0.25, 0.3) is 6.71 Å². The maximum atomic E-state index is 6.24. The Bertz CT molecular complexity index is 2820. The van der Waals surface area contributed by atoms with Crippen molar-refractivity contribution in [3.05, 3.63) is 99.6 Å². The molecule has 0 aliphatic carbocycles. The Hall–Kier alpha value is -5.12. The minimum absolute atomic E-state index is 0.0158. The molecule has 0 saturated carbocycles. The highest BCUT2D eigenvalue weighted by Crippen LogP contribution is 2.56. The van der Waals surface area contributed by atoms with Crippen molar-refractivity contribution in [2.24, 2.45) is 0 Å². The van der Waals surface area contributed by atoms with Gasteiger partial charge in [-0.25, -0.2) is 0 Å². The van der Waals surface area contributed by atoms with Crippen LogP contribution in [-0.2, 0) is 10.8 Å². The molecule has 0 fully saturated rings. The summed E-state index contributed by atoms with van der Waals surface area (Å²) in [6.45, 7) is 27.9. The standard InChI is InChI=1S/C51H51BN2O4S2/c1-25(2)30-19-35-41-36(20-30)54(43-27(4)18-38-47(29(43)6)58-24-56-38)45-34-22-32(51(10,11)12)14-16-40(34)60-49(45)52(41)48-44(33-21-31(50(7,8)9)13-15-39(33)59-48)53(35)42-26(3)17-37-46(28(42)5)57-23-55-37/h13-22,25H,23-24H2,1-12H3. The molecule has 0 amide bonds. The van der Waals surface area contributed by atoms with Crippen LogP contribution in [0.1, 0.15) is 100 Å². The molecule has 60 heavy (non-hydrogen) atoms. The molecular formula is C51H51BN2O4S2. The van der Waals surface area contributed by atoms with Crippen molar-refractivity contribution in [3.8, 4) is 23.0 Å². The summed E-state index contributed by atoms with van der Waals surface area (Å²) in [7, 11) is 0. The van der Waals surface area contributed by atoms with Gasteiger partial charge >= 0.3 is 0 Å². The zero-order valence-electron chi connectivity index (χ0n) is 36.7. The van der Waals surface area contributed by atoms with Gasteiger partial charge in [-0.05, 0) is 126 Å². The summed E-state index contributed by atoms with van der Waals surface area (Å²) < 4.78 is 29.9. The largest absolute Gasteiger partial charge is 0.454 e. The maximum absolute atomic E-state index is 6.24. The van der Waals surface area contributed by atoms with E-state index in [1.54, 1.807) is 0 Å². The molecule has 304 valence electrons. The maximum Gasteiger partial charge on any atom is 0.277 e. The number of rotatable bonds is 3. The monoisotopic (exact) mass is 830 g/mol. The zero-order chi connectivity index (χ0) is 41.9. The molecule has 6 heterocycles. The lowest BCUT2D eigenvalue weighted by atomic mass is 9.39. The van der Waals surface area contributed by atoms with Crippen LogP contribution >= 0.6 is 22.7 Å². The van der Waals surface area contributed by atoms with Crippen LogP contribution in [0.3, 0.4) is 0 Å². The molecule has 6 nitrogen and oxygen atoms in total. The van der Waals surface area contributed by atoms with Gasteiger partial charge in [-0.1, -0.05) is 67.5 Å². The van der Waals surface area contributed by atoms with Gasteiger partial charge in [0, 0.05) is 52.2 Å². The van der Waals surface area contributed by atoms with E-state index in [0.29, 0.717) is 0 Å². The summed E-state index contributed by atoms with van der Waals surface area (Å²) in [4.78, 5) is 5.23. The summed E-state index contributed by atoms with van der Waals surface area (Å²) in [6.07, 6.45) is 0. The van der Waals surface area contributed by atoms with E-state index < -0.39 is 0 Å². The topological polar surface area (TPSA) is 43.4 Å². The molecule has 0 N–H and O–H groups in total. The van der Waals surface area contributed by atoms with E-state index in [2.05, 4.69) is 154 Å². The highest BCUT2D eigenvalue weighted by Gasteiger charge is 2.49. The molecule has 4 aliphatic heterocycles. The third kappa shape index (κ3) is 5.24. The zero-order valence-corrected chi connectivity index (χ0v) is 38.3. The Morgan fingerprint density at radius 3 is 1.40 bits per heavy atom. The number of thiophene rings is 2. The molecule has 11 rings (SSSR count). The predicted octanol–water partition coefficient (Wildman–Crippen LogP) is 12.6. The van der Waals surface area contributed by atoms with Crippen LogP contribution in [0.15, 0.2) is 60.7 Å². The average molecular weight is 831 g/mol. The Morgan fingerprint density at radius 2 is 1.00 bits per heavy atom. The first-order chi connectivity index (χ1) is 28.5. The van der Waals surface area contributed by atoms with Crippen molar-refractivity contribution in [1.29, 1.82) is 0 Å². The highest BCUT2D eigenvalue weighted by atomic mass is 32.1. The van der Waals surface area contributed by atoms with E-state index in [1.165, 1.54) is 74.6 Å². The van der Waals surface area contributed by atoms with Crippen molar-refractivity contribution < 1.29 is 18.9 Å².